The molecule has 0 fully saturated rings. The van der Waals surface area contributed by atoms with Crippen LogP contribution in [0.25, 0.3) is 10.4 Å². The van der Waals surface area contributed by atoms with Gasteiger partial charge in [-0.15, -0.1) is 0 Å². The van der Waals surface area contributed by atoms with E-state index in [1.54, 1.807) is 6.07 Å². The van der Waals surface area contributed by atoms with Gasteiger partial charge >= 0.3 is 0 Å². The number of nitrogens with zero attached hydrogens (tertiary/aromatic N) is 1. The summed E-state index contributed by atoms with van der Waals surface area (Å²) < 4.78 is 17.0. The molecule has 2 aromatic rings. The lowest BCUT2D eigenvalue weighted by molar-refractivity contribution is 0.112. The van der Waals surface area contributed by atoms with Crippen molar-refractivity contribution in [3.63, 3.8) is 0 Å². The lowest BCUT2D eigenvalue weighted by atomic mass is 10.1. The summed E-state index contributed by atoms with van der Waals surface area (Å²) in [5, 5.41) is 0. The maximum absolute atomic E-state index is 12.9. The van der Waals surface area contributed by atoms with E-state index < -0.39 is 5.82 Å². The Morgan fingerprint density at radius 3 is 2.80 bits per heavy atom. The molecule has 1 heterocycles. The Morgan fingerprint density at radius 1 is 1.40 bits per heavy atom. The summed E-state index contributed by atoms with van der Waals surface area (Å²) in [6, 6.07) is 6.06. The lowest BCUT2D eigenvalue weighted by Crippen LogP contribution is -1.87. The fraction of sp³-hybridized carbons (Fsp3) is 0.0909. The Bertz CT molecular complexity index is 507. The molecule has 0 aliphatic carbocycles. The second-order valence-electron chi connectivity index (χ2n) is 3.18. The normalized spacial score (nSPS) is 10.3. The highest BCUT2D eigenvalue weighted by atomic mass is 32.1. The van der Waals surface area contributed by atoms with E-state index in [2.05, 4.69) is 4.37 Å². The number of aryl methyl sites for hydroxylation is 1. The zero-order chi connectivity index (χ0) is 10.8. The van der Waals surface area contributed by atoms with Crippen molar-refractivity contribution < 1.29 is 9.18 Å². The molecule has 0 radical (unpaired) electrons. The summed E-state index contributed by atoms with van der Waals surface area (Å²) >= 11 is 1.31. The molecule has 1 aromatic carbocycles. The van der Waals surface area contributed by atoms with Gasteiger partial charge in [-0.05, 0) is 42.7 Å². The molecule has 0 unspecified atom stereocenters. The van der Waals surface area contributed by atoms with Gasteiger partial charge in [-0.25, -0.2) is 4.39 Å². The van der Waals surface area contributed by atoms with Crippen LogP contribution in [0.2, 0.25) is 0 Å². The number of hydrogen-bond acceptors (Lipinski definition) is 3. The van der Waals surface area contributed by atoms with E-state index in [-0.39, 0.29) is 0 Å². The van der Waals surface area contributed by atoms with E-state index in [1.165, 1.54) is 23.7 Å². The van der Waals surface area contributed by atoms with Crippen LogP contribution in [-0.2, 0) is 0 Å². The molecule has 0 aliphatic rings. The zero-order valence-corrected chi connectivity index (χ0v) is 8.84. The molecule has 4 heteroatoms. The molecule has 0 bridgehead atoms. The van der Waals surface area contributed by atoms with E-state index in [9.17, 15) is 9.18 Å². The molecule has 0 spiro atoms. The second-order valence-corrected chi connectivity index (χ2v) is 3.99. The van der Waals surface area contributed by atoms with Crippen molar-refractivity contribution in [2.45, 2.75) is 6.92 Å². The fourth-order valence-electron chi connectivity index (χ4n) is 1.35. The molecule has 15 heavy (non-hydrogen) atoms. The summed E-state index contributed by atoms with van der Waals surface area (Å²) in [5.74, 6) is -0.401. The Morgan fingerprint density at radius 2 is 2.20 bits per heavy atom. The molecule has 1 aromatic heterocycles. The highest BCUT2D eigenvalue weighted by Gasteiger charge is 2.08. The molecule has 0 saturated heterocycles. The number of benzene rings is 1. The predicted molar refractivity (Wildman–Crippen MR) is 57.6 cm³/mol. The first-order valence-electron chi connectivity index (χ1n) is 4.39. The third kappa shape index (κ3) is 1.94. The molecule has 2 nitrogen and oxygen atoms in total. The summed E-state index contributed by atoms with van der Waals surface area (Å²) in [6.45, 7) is 1.88. The number of hydrogen-bond donors (Lipinski definition) is 0. The Hall–Kier alpha value is -1.55. The first kappa shape index (κ1) is 9.98. The van der Waals surface area contributed by atoms with E-state index in [4.69, 9.17) is 0 Å². The smallest absolute Gasteiger partial charge is 0.150 e. The number of aldehydes is 1. The second kappa shape index (κ2) is 3.90. The molecule has 2 rings (SSSR count). The monoisotopic (exact) mass is 221 g/mol. The van der Waals surface area contributed by atoms with Crippen LogP contribution in [0.4, 0.5) is 4.39 Å². The minimum Gasteiger partial charge on any atom is -0.298 e. The third-order valence-corrected chi connectivity index (χ3v) is 2.95. The highest BCUT2D eigenvalue weighted by molar-refractivity contribution is 7.09. The Balaban J connectivity index is 2.57. The summed E-state index contributed by atoms with van der Waals surface area (Å²) in [5.41, 5.74) is 1.99. The first-order valence-corrected chi connectivity index (χ1v) is 5.16. The largest absolute Gasteiger partial charge is 0.298 e. The van der Waals surface area contributed by atoms with Gasteiger partial charge in [0.2, 0.25) is 0 Å². The van der Waals surface area contributed by atoms with Gasteiger partial charge in [-0.3, -0.25) is 4.79 Å². The van der Waals surface area contributed by atoms with Crippen molar-refractivity contribution in [2.75, 3.05) is 0 Å². The van der Waals surface area contributed by atoms with Crippen molar-refractivity contribution in [1.29, 1.82) is 0 Å². The van der Waals surface area contributed by atoms with Gasteiger partial charge in [0.05, 0.1) is 10.6 Å². The number of aromatic nitrogens is 1. The maximum atomic E-state index is 12.9. The number of carbonyl (C=O) groups excluding carboxylic acids is 1. The average Bonchev–Trinajstić information content (AvgIpc) is 2.64. The van der Waals surface area contributed by atoms with Crippen LogP contribution in [0.3, 0.4) is 0 Å². The number of halogens is 1. The van der Waals surface area contributed by atoms with Crippen LogP contribution in [0.5, 0.6) is 0 Å². The van der Waals surface area contributed by atoms with Crippen molar-refractivity contribution >= 4 is 17.8 Å². The SMILES string of the molecule is Cc1cc(-c2ccc(F)cc2C=O)sn1. The lowest BCUT2D eigenvalue weighted by Gasteiger charge is -2.00. The van der Waals surface area contributed by atoms with Gasteiger partial charge in [0.25, 0.3) is 0 Å². The topological polar surface area (TPSA) is 30.0 Å². The summed E-state index contributed by atoms with van der Waals surface area (Å²) in [6.07, 6.45) is 0.660. The minimum absolute atomic E-state index is 0.360. The number of rotatable bonds is 2. The zero-order valence-electron chi connectivity index (χ0n) is 8.03. The molecular formula is C11H8FNOS. The highest BCUT2D eigenvalue weighted by Crippen LogP contribution is 2.27. The molecule has 0 saturated carbocycles. The summed E-state index contributed by atoms with van der Waals surface area (Å²) in [4.78, 5) is 11.7. The molecular weight excluding hydrogens is 213 g/mol. The van der Waals surface area contributed by atoms with Crippen LogP contribution in [0.1, 0.15) is 16.1 Å². The fourth-order valence-corrected chi connectivity index (χ4v) is 2.15. The van der Waals surface area contributed by atoms with Crippen LogP contribution in [-0.4, -0.2) is 10.7 Å². The van der Waals surface area contributed by atoms with Gasteiger partial charge in [0.15, 0.2) is 6.29 Å². The van der Waals surface area contributed by atoms with Gasteiger partial charge < -0.3 is 0 Å². The first-order chi connectivity index (χ1) is 7.20. The van der Waals surface area contributed by atoms with E-state index in [0.717, 1.165) is 16.1 Å². The standard InChI is InChI=1S/C11H8FNOS/c1-7-4-11(15-13-7)10-3-2-9(12)5-8(10)6-14/h2-6H,1H3. The van der Waals surface area contributed by atoms with Gasteiger partial charge in [0.1, 0.15) is 5.82 Å². The van der Waals surface area contributed by atoms with Crippen LogP contribution < -0.4 is 0 Å². The van der Waals surface area contributed by atoms with Gasteiger partial charge in [-0.1, -0.05) is 0 Å². The van der Waals surface area contributed by atoms with Gasteiger partial charge in [-0.2, -0.15) is 4.37 Å². The number of carbonyl (C=O) groups is 1. The predicted octanol–water partition coefficient (Wildman–Crippen LogP) is 3.07. The molecule has 0 atom stereocenters. The third-order valence-electron chi connectivity index (χ3n) is 2.03. The van der Waals surface area contributed by atoms with Crippen molar-refractivity contribution in [3.05, 3.63) is 41.3 Å². The average molecular weight is 221 g/mol. The quantitative estimate of drug-likeness (QED) is 0.729. The molecule has 76 valence electrons. The van der Waals surface area contributed by atoms with E-state index in [0.29, 0.717) is 11.8 Å². The molecule has 0 N–H and O–H groups in total. The van der Waals surface area contributed by atoms with Crippen LogP contribution >= 0.6 is 11.5 Å². The van der Waals surface area contributed by atoms with Crippen molar-refractivity contribution in [3.8, 4) is 10.4 Å². The van der Waals surface area contributed by atoms with E-state index in [1.807, 2.05) is 13.0 Å². The Labute approximate surface area is 90.5 Å². The summed E-state index contributed by atoms with van der Waals surface area (Å²) in [7, 11) is 0. The van der Waals surface area contributed by atoms with Gasteiger partial charge in [0, 0.05) is 11.1 Å². The molecule has 0 aliphatic heterocycles. The van der Waals surface area contributed by atoms with Crippen LogP contribution in [0, 0.1) is 12.7 Å². The van der Waals surface area contributed by atoms with Crippen molar-refractivity contribution in [2.24, 2.45) is 0 Å². The minimum atomic E-state index is -0.401. The van der Waals surface area contributed by atoms with E-state index >= 15 is 0 Å². The maximum Gasteiger partial charge on any atom is 0.150 e. The van der Waals surface area contributed by atoms with Crippen molar-refractivity contribution in [1.82, 2.24) is 4.37 Å². The molecule has 0 amide bonds. The Kier molecular flexibility index (Phi) is 2.60. The van der Waals surface area contributed by atoms with Crippen LogP contribution in [0.15, 0.2) is 24.3 Å².